The van der Waals surface area contributed by atoms with Gasteiger partial charge in [0, 0.05) is 0 Å². The van der Waals surface area contributed by atoms with Crippen LogP contribution >= 0.6 is 0 Å². The third-order valence-electron chi connectivity index (χ3n) is 2.77. The van der Waals surface area contributed by atoms with Gasteiger partial charge in [-0.15, -0.1) is 0 Å². The Morgan fingerprint density at radius 2 is 1.95 bits per heavy atom. The number of carbonyl (C=O) groups is 2. The van der Waals surface area contributed by atoms with Gasteiger partial charge in [-0.3, -0.25) is 14.5 Å². The summed E-state index contributed by atoms with van der Waals surface area (Å²) in [4.78, 5) is 24.0. The van der Waals surface area contributed by atoms with E-state index in [0.717, 1.165) is 6.42 Å². The number of carboxylic acids is 1. The number of carbonyl (C=O) groups excluding carboxylic acids is 1. The molecule has 0 spiro atoms. The smallest absolute Gasteiger partial charge is 0.317 e. The van der Waals surface area contributed by atoms with Crippen LogP contribution in [-0.2, 0) is 9.59 Å². The predicted octanol–water partition coefficient (Wildman–Crippen LogP) is 1.12. The van der Waals surface area contributed by atoms with Crippen LogP contribution < -0.4 is 10.1 Å². The number of aliphatic carboxylic acids is 1. The van der Waals surface area contributed by atoms with Crippen molar-refractivity contribution in [1.29, 1.82) is 0 Å². The first-order chi connectivity index (χ1) is 10.5. The molecule has 2 N–H and O–H groups in total. The molecule has 122 valence electrons. The van der Waals surface area contributed by atoms with Crippen LogP contribution in [0.2, 0.25) is 0 Å². The highest BCUT2D eigenvalue weighted by atomic mass is 19.1. The normalized spacial score (nSPS) is 10.5. The molecule has 0 saturated heterocycles. The lowest BCUT2D eigenvalue weighted by Crippen LogP contribution is -2.41. The predicted molar refractivity (Wildman–Crippen MR) is 79.3 cm³/mol. The van der Waals surface area contributed by atoms with Crippen molar-refractivity contribution in [2.75, 3.05) is 32.8 Å². The lowest BCUT2D eigenvalue weighted by Gasteiger charge is -2.18. The Balaban J connectivity index is 2.24. The number of amides is 1. The second-order valence-corrected chi connectivity index (χ2v) is 4.76. The van der Waals surface area contributed by atoms with Crippen LogP contribution in [0.3, 0.4) is 0 Å². The number of benzene rings is 1. The summed E-state index contributed by atoms with van der Waals surface area (Å²) < 4.78 is 18.0. The molecule has 1 amide bonds. The standard InChI is InChI=1S/C15H21FN2O4/c1-2-8-18(11-15(20)21)10-14(19)17-7-9-22-13-5-3-12(16)4-6-13/h3-6H,2,7-11H2,1H3,(H,17,19)(H,20,21). The van der Waals surface area contributed by atoms with Gasteiger partial charge < -0.3 is 15.2 Å². The van der Waals surface area contributed by atoms with Crippen molar-refractivity contribution in [3.63, 3.8) is 0 Å². The molecule has 0 saturated carbocycles. The van der Waals surface area contributed by atoms with Crippen LogP contribution in [-0.4, -0.2) is 54.7 Å². The summed E-state index contributed by atoms with van der Waals surface area (Å²) in [5.74, 6) is -1.03. The Labute approximate surface area is 128 Å². The molecular formula is C15H21FN2O4. The fraction of sp³-hybridized carbons (Fsp3) is 0.467. The van der Waals surface area contributed by atoms with Gasteiger partial charge in [0.2, 0.25) is 5.91 Å². The molecule has 0 unspecified atom stereocenters. The van der Waals surface area contributed by atoms with Gasteiger partial charge in [0.15, 0.2) is 0 Å². The van der Waals surface area contributed by atoms with Crippen LogP contribution in [0, 0.1) is 5.82 Å². The lowest BCUT2D eigenvalue weighted by molar-refractivity contribution is -0.138. The van der Waals surface area contributed by atoms with E-state index >= 15 is 0 Å². The highest BCUT2D eigenvalue weighted by Gasteiger charge is 2.12. The van der Waals surface area contributed by atoms with Crippen LogP contribution in [0.5, 0.6) is 5.75 Å². The maximum Gasteiger partial charge on any atom is 0.317 e. The molecule has 0 radical (unpaired) electrons. The van der Waals surface area contributed by atoms with Crippen molar-refractivity contribution >= 4 is 11.9 Å². The summed E-state index contributed by atoms with van der Waals surface area (Å²) in [6.07, 6.45) is 0.772. The van der Waals surface area contributed by atoms with Gasteiger partial charge >= 0.3 is 5.97 Å². The molecule has 6 nitrogen and oxygen atoms in total. The molecule has 0 bridgehead atoms. The van der Waals surface area contributed by atoms with E-state index in [1.54, 1.807) is 4.90 Å². The maximum absolute atomic E-state index is 12.7. The van der Waals surface area contributed by atoms with E-state index in [-0.39, 0.29) is 31.4 Å². The first-order valence-corrected chi connectivity index (χ1v) is 7.10. The molecule has 1 rings (SSSR count). The van der Waals surface area contributed by atoms with Crippen LogP contribution in [0.15, 0.2) is 24.3 Å². The fourth-order valence-electron chi connectivity index (χ4n) is 1.87. The van der Waals surface area contributed by atoms with Gasteiger partial charge in [0.1, 0.15) is 18.2 Å². The number of hydrogen-bond donors (Lipinski definition) is 2. The van der Waals surface area contributed by atoms with E-state index in [1.807, 2.05) is 6.92 Å². The number of nitrogens with one attached hydrogen (secondary N) is 1. The van der Waals surface area contributed by atoms with Crippen LogP contribution in [0.4, 0.5) is 4.39 Å². The minimum Gasteiger partial charge on any atom is -0.492 e. The zero-order valence-electron chi connectivity index (χ0n) is 12.5. The number of rotatable bonds is 10. The van der Waals surface area contributed by atoms with Crippen molar-refractivity contribution in [2.45, 2.75) is 13.3 Å². The van der Waals surface area contributed by atoms with E-state index in [0.29, 0.717) is 18.8 Å². The molecule has 1 aromatic rings. The maximum atomic E-state index is 12.7. The number of halogens is 1. The minimum absolute atomic E-state index is 0.0384. The van der Waals surface area contributed by atoms with E-state index in [4.69, 9.17) is 9.84 Å². The summed E-state index contributed by atoms with van der Waals surface area (Å²) in [7, 11) is 0. The van der Waals surface area contributed by atoms with E-state index in [2.05, 4.69) is 5.32 Å². The average molecular weight is 312 g/mol. The van der Waals surface area contributed by atoms with Crippen LogP contribution in [0.25, 0.3) is 0 Å². The van der Waals surface area contributed by atoms with Gasteiger partial charge in [0.25, 0.3) is 0 Å². The quantitative estimate of drug-likeness (QED) is 0.633. The first kappa shape index (κ1) is 17.9. The van der Waals surface area contributed by atoms with Gasteiger partial charge in [-0.25, -0.2) is 4.39 Å². The summed E-state index contributed by atoms with van der Waals surface area (Å²) in [5, 5.41) is 11.4. The van der Waals surface area contributed by atoms with Crippen LogP contribution in [0.1, 0.15) is 13.3 Å². The molecular weight excluding hydrogens is 291 g/mol. The highest BCUT2D eigenvalue weighted by molar-refractivity contribution is 5.79. The van der Waals surface area contributed by atoms with E-state index in [9.17, 15) is 14.0 Å². The van der Waals surface area contributed by atoms with Crippen molar-refractivity contribution in [3.05, 3.63) is 30.1 Å². The highest BCUT2D eigenvalue weighted by Crippen LogP contribution is 2.10. The van der Waals surface area contributed by atoms with Gasteiger partial charge in [-0.05, 0) is 37.2 Å². The molecule has 0 aromatic heterocycles. The Kier molecular flexibility index (Phi) is 7.91. The van der Waals surface area contributed by atoms with Crippen molar-refractivity contribution in [1.82, 2.24) is 10.2 Å². The molecule has 0 aliphatic rings. The Morgan fingerprint density at radius 1 is 1.27 bits per heavy atom. The van der Waals surface area contributed by atoms with Crippen molar-refractivity contribution in [3.8, 4) is 5.75 Å². The van der Waals surface area contributed by atoms with Gasteiger partial charge in [0.05, 0.1) is 19.6 Å². The third-order valence-corrected chi connectivity index (χ3v) is 2.77. The lowest BCUT2D eigenvalue weighted by atomic mass is 10.3. The number of ether oxygens (including phenoxy) is 1. The summed E-state index contributed by atoms with van der Waals surface area (Å²) in [5.41, 5.74) is 0. The monoisotopic (exact) mass is 312 g/mol. The molecule has 0 atom stereocenters. The molecule has 0 aliphatic heterocycles. The number of carboxylic acid groups (broad SMARTS) is 1. The summed E-state index contributed by atoms with van der Waals surface area (Å²) in [6, 6.07) is 5.60. The van der Waals surface area contributed by atoms with E-state index < -0.39 is 5.97 Å². The molecule has 7 heteroatoms. The minimum atomic E-state index is -0.958. The Bertz CT molecular complexity index is 479. The zero-order chi connectivity index (χ0) is 16.4. The van der Waals surface area contributed by atoms with Crippen molar-refractivity contribution < 1.29 is 23.8 Å². The molecule has 0 fully saturated rings. The van der Waals surface area contributed by atoms with Gasteiger partial charge in [-0.1, -0.05) is 6.92 Å². The number of hydrogen-bond acceptors (Lipinski definition) is 4. The Morgan fingerprint density at radius 3 is 2.55 bits per heavy atom. The number of nitrogens with zero attached hydrogens (tertiary/aromatic N) is 1. The molecule has 22 heavy (non-hydrogen) atoms. The zero-order valence-corrected chi connectivity index (χ0v) is 12.5. The third kappa shape index (κ3) is 7.58. The second kappa shape index (κ2) is 9.73. The topological polar surface area (TPSA) is 78.9 Å². The SMILES string of the molecule is CCCN(CC(=O)O)CC(=O)NCCOc1ccc(F)cc1. The van der Waals surface area contributed by atoms with Gasteiger partial charge in [-0.2, -0.15) is 0 Å². The first-order valence-electron chi connectivity index (χ1n) is 7.10. The molecule has 1 aromatic carbocycles. The largest absolute Gasteiger partial charge is 0.492 e. The molecule has 0 aliphatic carbocycles. The average Bonchev–Trinajstić information content (AvgIpc) is 2.45. The molecule has 0 heterocycles. The Hall–Kier alpha value is -2.15. The van der Waals surface area contributed by atoms with Crippen molar-refractivity contribution in [2.24, 2.45) is 0 Å². The second-order valence-electron chi connectivity index (χ2n) is 4.76. The van der Waals surface area contributed by atoms with E-state index in [1.165, 1.54) is 24.3 Å². The fourth-order valence-corrected chi connectivity index (χ4v) is 1.87. The summed E-state index contributed by atoms with van der Waals surface area (Å²) in [6.45, 7) is 2.90. The summed E-state index contributed by atoms with van der Waals surface area (Å²) >= 11 is 0.